The maximum atomic E-state index is 5.88. The molecule has 1 aliphatic heterocycles. The Morgan fingerprint density at radius 1 is 1.40 bits per heavy atom. The fraction of sp³-hybridized carbons (Fsp3) is 0.556. The fourth-order valence-corrected chi connectivity index (χ4v) is 1.69. The summed E-state index contributed by atoms with van der Waals surface area (Å²) in [5.74, 6) is 0.991. The minimum Gasteiger partial charge on any atom is -0.355 e. The summed E-state index contributed by atoms with van der Waals surface area (Å²) in [6.07, 6.45) is 5.63. The van der Waals surface area contributed by atoms with Gasteiger partial charge >= 0.3 is 0 Å². The number of rotatable bonds is 1. The molecule has 1 atom stereocenters. The molecule has 2 rings (SSSR count). The van der Waals surface area contributed by atoms with Gasteiger partial charge in [-0.2, -0.15) is 0 Å². The van der Waals surface area contributed by atoms with E-state index >= 15 is 0 Å². The van der Waals surface area contributed by atoms with Crippen molar-refractivity contribution in [2.45, 2.75) is 18.9 Å². The predicted octanol–water partition coefficient (Wildman–Crippen LogP) is 1.25. The number of halogens is 2. The molecule has 0 aliphatic carbocycles. The molecule has 0 amide bonds. The van der Waals surface area contributed by atoms with Crippen molar-refractivity contribution in [1.82, 2.24) is 9.97 Å². The summed E-state index contributed by atoms with van der Waals surface area (Å²) in [5.41, 5.74) is 5.88. The lowest BCUT2D eigenvalue weighted by atomic mass is 10.1. The number of piperidine rings is 1. The van der Waals surface area contributed by atoms with Gasteiger partial charge in [0, 0.05) is 25.3 Å². The first-order valence-electron chi connectivity index (χ1n) is 4.63. The van der Waals surface area contributed by atoms with Crippen LogP contribution < -0.4 is 10.6 Å². The molecule has 2 N–H and O–H groups in total. The fourth-order valence-electron chi connectivity index (χ4n) is 1.69. The van der Waals surface area contributed by atoms with Gasteiger partial charge in [0.25, 0.3) is 0 Å². The summed E-state index contributed by atoms with van der Waals surface area (Å²) < 4.78 is 0. The Labute approximate surface area is 102 Å². The van der Waals surface area contributed by atoms with Crippen LogP contribution in [0.15, 0.2) is 18.6 Å². The zero-order valence-corrected chi connectivity index (χ0v) is 10.0. The van der Waals surface area contributed by atoms with E-state index < -0.39 is 0 Å². The molecule has 6 heteroatoms. The third-order valence-electron chi connectivity index (χ3n) is 2.35. The van der Waals surface area contributed by atoms with Gasteiger partial charge in [0.1, 0.15) is 12.1 Å². The quantitative estimate of drug-likeness (QED) is 0.816. The molecule has 0 spiro atoms. The Morgan fingerprint density at radius 3 is 2.80 bits per heavy atom. The molecule has 4 nitrogen and oxygen atoms in total. The molecule has 15 heavy (non-hydrogen) atoms. The summed E-state index contributed by atoms with van der Waals surface area (Å²) >= 11 is 0. The summed E-state index contributed by atoms with van der Waals surface area (Å²) in [4.78, 5) is 10.3. The van der Waals surface area contributed by atoms with E-state index in [1.54, 1.807) is 12.5 Å². The van der Waals surface area contributed by atoms with Gasteiger partial charge in [0.2, 0.25) is 0 Å². The zero-order chi connectivity index (χ0) is 9.10. The SMILES string of the molecule is Cl.Cl.NC1CCCN(c2ccncn2)C1. The smallest absolute Gasteiger partial charge is 0.131 e. The lowest BCUT2D eigenvalue weighted by Crippen LogP contribution is -2.43. The van der Waals surface area contributed by atoms with Crippen LogP contribution in [0.1, 0.15) is 12.8 Å². The monoisotopic (exact) mass is 250 g/mol. The lowest BCUT2D eigenvalue weighted by molar-refractivity contribution is 0.503. The Balaban J connectivity index is 0.000000980. The second kappa shape index (κ2) is 6.82. The first-order chi connectivity index (χ1) is 6.36. The lowest BCUT2D eigenvalue weighted by Gasteiger charge is -2.31. The highest BCUT2D eigenvalue weighted by Gasteiger charge is 2.17. The van der Waals surface area contributed by atoms with Crippen molar-refractivity contribution in [3.05, 3.63) is 18.6 Å². The van der Waals surface area contributed by atoms with Crippen LogP contribution >= 0.6 is 24.8 Å². The van der Waals surface area contributed by atoms with Crippen LogP contribution in [0.4, 0.5) is 5.82 Å². The van der Waals surface area contributed by atoms with Gasteiger partial charge in [-0.1, -0.05) is 0 Å². The summed E-state index contributed by atoms with van der Waals surface area (Å²) in [6, 6.07) is 2.22. The second-order valence-electron chi connectivity index (χ2n) is 3.42. The van der Waals surface area contributed by atoms with Gasteiger partial charge in [-0.3, -0.25) is 0 Å². The van der Waals surface area contributed by atoms with E-state index in [0.717, 1.165) is 31.7 Å². The molecule has 1 unspecified atom stereocenters. The summed E-state index contributed by atoms with van der Waals surface area (Å²) in [7, 11) is 0. The average molecular weight is 251 g/mol. The number of nitrogens with two attached hydrogens (primary N) is 1. The highest BCUT2D eigenvalue weighted by molar-refractivity contribution is 5.85. The van der Waals surface area contributed by atoms with E-state index in [4.69, 9.17) is 5.73 Å². The molecule has 1 saturated heterocycles. The molecule has 1 aromatic heterocycles. The Hall–Kier alpha value is -0.580. The molecular formula is C9H16Cl2N4. The van der Waals surface area contributed by atoms with Crippen molar-refractivity contribution in [1.29, 1.82) is 0 Å². The zero-order valence-electron chi connectivity index (χ0n) is 8.37. The van der Waals surface area contributed by atoms with Gasteiger partial charge in [-0.05, 0) is 18.9 Å². The van der Waals surface area contributed by atoms with Gasteiger partial charge in [-0.15, -0.1) is 24.8 Å². The predicted molar refractivity (Wildman–Crippen MR) is 66.0 cm³/mol. The molecule has 0 saturated carbocycles. The average Bonchev–Trinajstić information content (AvgIpc) is 2.19. The number of hydrogen-bond acceptors (Lipinski definition) is 4. The minimum absolute atomic E-state index is 0. The van der Waals surface area contributed by atoms with Crippen molar-refractivity contribution in [3.8, 4) is 0 Å². The third kappa shape index (κ3) is 3.81. The van der Waals surface area contributed by atoms with Crippen LogP contribution in [-0.4, -0.2) is 29.1 Å². The minimum atomic E-state index is 0. The number of anilines is 1. The maximum Gasteiger partial charge on any atom is 0.131 e. The Morgan fingerprint density at radius 2 is 2.20 bits per heavy atom. The van der Waals surface area contributed by atoms with Crippen LogP contribution in [0.25, 0.3) is 0 Å². The molecule has 1 fully saturated rings. The van der Waals surface area contributed by atoms with E-state index in [0.29, 0.717) is 6.04 Å². The number of aromatic nitrogens is 2. The standard InChI is InChI=1S/C9H14N4.2ClH/c10-8-2-1-5-13(6-8)9-3-4-11-7-12-9;;/h3-4,7-8H,1-2,5-6,10H2;2*1H. The molecular weight excluding hydrogens is 235 g/mol. The number of nitrogens with zero attached hydrogens (tertiary/aromatic N) is 3. The normalized spacial score (nSPS) is 20.1. The van der Waals surface area contributed by atoms with Crippen molar-refractivity contribution >= 4 is 30.6 Å². The summed E-state index contributed by atoms with van der Waals surface area (Å²) in [6.45, 7) is 1.97. The van der Waals surface area contributed by atoms with Crippen LogP contribution in [0, 0.1) is 0 Å². The third-order valence-corrected chi connectivity index (χ3v) is 2.35. The van der Waals surface area contributed by atoms with Crippen LogP contribution in [0.2, 0.25) is 0 Å². The van der Waals surface area contributed by atoms with Crippen LogP contribution in [0.5, 0.6) is 0 Å². The van der Waals surface area contributed by atoms with Crippen molar-refractivity contribution < 1.29 is 0 Å². The van der Waals surface area contributed by atoms with E-state index in [9.17, 15) is 0 Å². The maximum absolute atomic E-state index is 5.88. The molecule has 0 aromatic carbocycles. The van der Waals surface area contributed by atoms with E-state index in [-0.39, 0.29) is 24.8 Å². The highest BCUT2D eigenvalue weighted by atomic mass is 35.5. The topological polar surface area (TPSA) is 55.0 Å². The van der Waals surface area contributed by atoms with E-state index in [1.807, 2.05) is 6.07 Å². The van der Waals surface area contributed by atoms with Gasteiger partial charge in [0.15, 0.2) is 0 Å². The molecule has 0 radical (unpaired) electrons. The Bertz CT molecular complexity index is 270. The molecule has 1 aliphatic rings. The van der Waals surface area contributed by atoms with Crippen LogP contribution in [-0.2, 0) is 0 Å². The largest absolute Gasteiger partial charge is 0.355 e. The van der Waals surface area contributed by atoms with Gasteiger partial charge in [0.05, 0.1) is 0 Å². The Kier molecular flexibility index (Phi) is 6.56. The van der Waals surface area contributed by atoms with Crippen molar-refractivity contribution in [2.75, 3.05) is 18.0 Å². The second-order valence-corrected chi connectivity index (χ2v) is 3.42. The highest BCUT2D eigenvalue weighted by Crippen LogP contribution is 2.15. The summed E-state index contributed by atoms with van der Waals surface area (Å²) in [5, 5.41) is 0. The van der Waals surface area contributed by atoms with Crippen molar-refractivity contribution in [2.24, 2.45) is 5.73 Å². The van der Waals surface area contributed by atoms with E-state index in [2.05, 4.69) is 14.9 Å². The first-order valence-corrected chi connectivity index (χ1v) is 4.63. The van der Waals surface area contributed by atoms with Crippen molar-refractivity contribution in [3.63, 3.8) is 0 Å². The number of hydrogen-bond donors (Lipinski definition) is 1. The van der Waals surface area contributed by atoms with Gasteiger partial charge in [-0.25, -0.2) is 9.97 Å². The molecule has 86 valence electrons. The molecule has 1 aromatic rings. The molecule has 2 heterocycles. The molecule has 0 bridgehead atoms. The van der Waals surface area contributed by atoms with Gasteiger partial charge < -0.3 is 10.6 Å². The van der Waals surface area contributed by atoms with Crippen LogP contribution in [0.3, 0.4) is 0 Å². The first kappa shape index (κ1) is 14.4. The van der Waals surface area contributed by atoms with E-state index in [1.165, 1.54) is 0 Å².